The van der Waals surface area contributed by atoms with Crippen LogP contribution in [0.4, 0.5) is 13.2 Å². The maximum absolute atomic E-state index is 13.9. The minimum atomic E-state index is -1.10. The van der Waals surface area contributed by atoms with Crippen LogP contribution < -0.4 is 5.32 Å². The molecule has 4 nitrogen and oxygen atoms in total. The molecule has 20 heavy (non-hydrogen) atoms. The highest BCUT2D eigenvalue weighted by molar-refractivity contribution is 5.96. The zero-order valence-electron chi connectivity index (χ0n) is 10.4. The summed E-state index contributed by atoms with van der Waals surface area (Å²) >= 11 is 0. The van der Waals surface area contributed by atoms with Crippen LogP contribution in [0, 0.1) is 11.6 Å². The van der Waals surface area contributed by atoms with Crippen LogP contribution in [0.5, 0.6) is 0 Å². The standard InChI is InChI=1S/C13H12F3NO3/c14-6-3-7(12(18)17-10-5-8(10)15)11(9(16)4-6)13-19-1-2-20-13/h3-4,8,10,13H,1-2,5H2,(H,17,18)/t8-,10+/m1/s1. The van der Waals surface area contributed by atoms with Crippen LogP contribution in [0.25, 0.3) is 0 Å². The molecular formula is C13H12F3NO3. The molecule has 1 aromatic rings. The van der Waals surface area contributed by atoms with Gasteiger partial charge in [0.05, 0.1) is 30.4 Å². The maximum Gasteiger partial charge on any atom is 0.252 e. The van der Waals surface area contributed by atoms with Crippen LogP contribution in [0.15, 0.2) is 12.1 Å². The fourth-order valence-electron chi connectivity index (χ4n) is 2.10. The van der Waals surface area contributed by atoms with Gasteiger partial charge < -0.3 is 14.8 Å². The first-order chi connectivity index (χ1) is 9.56. The smallest absolute Gasteiger partial charge is 0.252 e. The zero-order chi connectivity index (χ0) is 14.3. The van der Waals surface area contributed by atoms with Crippen LogP contribution >= 0.6 is 0 Å². The number of amides is 1. The number of carbonyl (C=O) groups is 1. The summed E-state index contributed by atoms with van der Waals surface area (Å²) in [6.07, 6.45) is -1.92. The molecule has 2 fully saturated rings. The number of rotatable bonds is 3. The quantitative estimate of drug-likeness (QED) is 0.923. The van der Waals surface area contributed by atoms with E-state index >= 15 is 0 Å². The molecule has 1 heterocycles. The molecule has 7 heteroatoms. The molecule has 1 saturated carbocycles. The Morgan fingerprint density at radius 1 is 1.25 bits per heavy atom. The predicted octanol–water partition coefficient (Wildman–Crippen LogP) is 1.85. The fourth-order valence-corrected chi connectivity index (χ4v) is 2.10. The molecule has 1 aliphatic heterocycles. The Bertz CT molecular complexity index is 546. The molecule has 1 aliphatic carbocycles. The van der Waals surface area contributed by atoms with Crippen molar-refractivity contribution in [3.8, 4) is 0 Å². The summed E-state index contributed by atoms with van der Waals surface area (Å²) in [4.78, 5) is 12.0. The Kier molecular flexibility index (Phi) is 3.39. The number of benzene rings is 1. The second-order valence-corrected chi connectivity index (χ2v) is 4.75. The number of halogens is 3. The molecule has 0 radical (unpaired) electrons. The number of hydrogen-bond donors (Lipinski definition) is 1. The third kappa shape index (κ3) is 2.51. The Labute approximate surface area is 112 Å². The summed E-state index contributed by atoms with van der Waals surface area (Å²) in [5.41, 5.74) is -0.383. The van der Waals surface area contributed by atoms with Crippen LogP contribution in [-0.2, 0) is 9.47 Å². The molecule has 1 N–H and O–H groups in total. The molecule has 0 bridgehead atoms. The van der Waals surface area contributed by atoms with Crippen LogP contribution in [-0.4, -0.2) is 31.3 Å². The van der Waals surface area contributed by atoms with E-state index in [1.807, 2.05) is 0 Å². The van der Waals surface area contributed by atoms with E-state index in [9.17, 15) is 18.0 Å². The normalized spacial score (nSPS) is 25.8. The lowest BCUT2D eigenvalue weighted by molar-refractivity contribution is -0.0469. The average molecular weight is 287 g/mol. The molecule has 0 spiro atoms. The third-order valence-electron chi connectivity index (χ3n) is 3.23. The van der Waals surface area contributed by atoms with Crippen LogP contribution in [0.3, 0.4) is 0 Å². The summed E-state index contributed by atoms with van der Waals surface area (Å²) in [5.74, 6) is -2.54. The lowest BCUT2D eigenvalue weighted by atomic mass is 10.0. The second-order valence-electron chi connectivity index (χ2n) is 4.75. The van der Waals surface area contributed by atoms with Crippen molar-refractivity contribution in [3.05, 3.63) is 34.9 Å². The molecule has 1 amide bonds. The van der Waals surface area contributed by atoms with Crippen molar-refractivity contribution >= 4 is 5.91 Å². The molecule has 3 rings (SSSR count). The van der Waals surface area contributed by atoms with E-state index in [0.717, 1.165) is 6.07 Å². The average Bonchev–Trinajstić information content (AvgIpc) is 2.89. The Balaban J connectivity index is 1.92. The molecule has 2 aliphatic rings. The van der Waals surface area contributed by atoms with Crippen LogP contribution in [0.2, 0.25) is 0 Å². The van der Waals surface area contributed by atoms with Gasteiger partial charge >= 0.3 is 0 Å². The summed E-state index contributed by atoms with van der Waals surface area (Å²) in [6, 6.07) is 0.966. The topological polar surface area (TPSA) is 47.6 Å². The van der Waals surface area contributed by atoms with E-state index in [-0.39, 0.29) is 30.8 Å². The number of hydrogen-bond acceptors (Lipinski definition) is 3. The second kappa shape index (κ2) is 5.06. The van der Waals surface area contributed by atoms with Gasteiger partial charge in [0.2, 0.25) is 0 Å². The first kappa shape index (κ1) is 13.4. The Morgan fingerprint density at radius 3 is 2.50 bits per heavy atom. The summed E-state index contributed by atoms with van der Waals surface area (Å²) in [6.45, 7) is 0.523. The molecule has 108 valence electrons. The Hall–Kier alpha value is -1.60. The van der Waals surface area contributed by atoms with E-state index in [4.69, 9.17) is 9.47 Å². The van der Waals surface area contributed by atoms with Crippen molar-refractivity contribution in [1.29, 1.82) is 0 Å². The van der Waals surface area contributed by atoms with Gasteiger partial charge in [-0.2, -0.15) is 0 Å². The number of carbonyl (C=O) groups excluding carboxylic acids is 1. The van der Waals surface area contributed by atoms with E-state index in [0.29, 0.717) is 6.07 Å². The number of ether oxygens (including phenoxy) is 2. The molecule has 2 atom stereocenters. The lowest BCUT2D eigenvalue weighted by Crippen LogP contribution is -2.29. The van der Waals surface area contributed by atoms with E-state index in [1.54, 1.807) is 0 Å². The van der Waals surface area contributed by atoms with Gasteiger partial charge in [-0.05, 0) is 6.07 Å². The largest absolute Gasteiger partial charge is 0.346 e. The van der Waals surface area contributed by atoms with Gasteiger partial charge in [-0.25, -0.2) is 13.2 Å². The molecule has 0 unspecified atom stereocenters. The highest BCUT2D eigenvalue weighted by Gasteiger charge is 2.39. The van der Waals surface area contributed by atoms with Gasteiger partial charge in [0.15, 0.2) is 6.29 Å². The van der Waals surface area contributed by atoms with Crippen LogP contribution in [0.1, 0.15) is 28.6 Å². The Morgan fingerprint density at radius 2 is 1.90 bits per heavy atom. The summed E-state index contributed by atoms with van der Waals surface area (Å²) in [7, 11) is 0. The van der Waals surface area contributed by atoms with Gasteiger partial charge in [-0.3, -0.25) is 4.79 Å². The zero-order valence-corrected chi connectivity index (χ0v) is 10.4. The van der Waals surface area contributed by atoms with Crippen molar-refractivity contribution in [3.63, 3.8) is 0 Å². The first-order valence-corrected chi connectivity index (χ1v) is 6.23. The van der Waals surface area contributed by atoms with E-state index < -0.39 is 36.0 Å². The number of alkyl halides is 1. The van der Waals surface area contributed by atoms with Gasteiger partial charge in [0.1, 0.15) is 17.8 Å². The monoisotopic (exact) mass is 287 g/mol. The summed E-state index contributed by atoms with van der Waals surface area (Å²) < 4.78 is 50.3. The minimum absolute atomic E-state index is 0.155. The molecular weight excluding hydrogens is 275 g/mol. The first-order valence-electron chi connectivity index (χ1n) is 6.23. The van der Waals surface area contributed by atoms with E-state index in [2.05, 4.69) is 5.32 Å². The predicted molar refractivity (Wildman–Crippen MR) is 61.8 cm³/mol. The highest BCUT2D eigenvalue weighted by atomic mass is 19.1. The molecule has 1 aromatic carbocycles. The van der Waals surface area contributed by atoms with Gasteiger partial charge in [0.25, 0.3) is 5.91 Å². The maximum atomic E-state index is 13.9. The molecule has 0 aromatic heterocycles. The minimum Gasteiger partial charge on any atom is -0.346 e. The van der Waals surface area contributed by atoms with Crippen molar-refractivity contribution < 1.29 is 27.4 Å². The van der Waals surface area contributed by atoms with E-state index in [1.165, 1.54) is 0 Å². The van der Waals surface area contributed by atoms with Crippen molar-refractivity contribution in [2.45, 2.75) is 24.9 Å². The molecule has 1 saturated heterocycles. The van der Waals surface area contributed by atoms with Crippen molar-refractivity contribution in [2.75, 3.05) is 13.2 Å². The van der Waals surface area contributed by atoms with Crippen molar-refractivity contribution in [2.24, 2.45) is 0 Å². The third-order valence-corrected chi connectivity index (χ3v) is 3.23. The van der Waals surface area contributed by atoms with Gasteiger partial charge in [0, 0.05) is 12.5 Å². The fraction of sp³-hybridized carbons (Fsp3) is 0.462. The highest BCUT2D eigenvalue weighted by Crippen LogP contribution is 2.31. The van der Waals surface area contributed by atoms with Crippen molar-refractivity contribution in [1.82, 2.24) is 5.32 Å². The van der Waals surface area contributed by atoms with Gasteiger partial charge in [-0.1, -0.05) is 0 Å². The van der Waals surface area contributed by atoms with Gasteiger partial charge in [-0.15, -0.1) is 0 Å². The lowest BCUT2D eigenvalue weighted by Gasteiger charge is -2.15. The summed E-state index contributed by atoms with van der Waals surface area (Å²) in [5, 5.41) is 2.38. The SMILES string of the molecule is O=C(N[C@H]1C[C@H]1F)c1cc(F)cc(F)c1C1OCCO1. The number of nitrogens with one attached hydrogen (secondary N) is 1.